The summed E-state index contributed by atoms with van der Waals surface area (Å²) in [5.74, 6) is 0.249. The largest absolute Gasteiger partial charge is 0.359 e. The van der Waals surface area contributed by atoms with Gasteiger partial charge in [0, 0.05) is 17.6 Å². The van der Waals surface area contributed by atoms with Crippen molar-refractivity contribution in [3.05, 3.63) is 80.7 Å². The quantitative estimate of drug-likeness (QED) is 0.248. The standard InChI is InChI=1S/C24H23N3O2S2/c28-19(18-10-6-13-25-18)15-30-24-26-22-21(17-9-4-5-11-20(17)31-22)23(29)27(24)14-12-16-7-2-1-3-8-16/h1-3,6-8,10,13,25H,4-5,9,11-12,14-15H2. The van der Waals surface area contributed by atoms with Crippen molar-refractivity contribution in [2.75, 3.05) is 5.75 Å². The van der Waals surface area contributed by atoms with Crippen LogP contribution in [0.1, 0.15) is 39.3 Å². The van der Waals surface area contributed by atoms with Crippen molar-refractivity contribution in [1.29, 1.82) is 0 Å². The van der Waals surface area contributed by atoms with Gasteiger partial charge in [-0.25, -0.2) is 4.98 Å². The molecule has 0 bridgehead atoms. The molecule has 0 spiro atoms. The van der Waals surface area contributed by atoms with Crippen molar-refractivity contribution >= 4 is 39.1 Å². The molecular weight excluding hydrogens is 426 g/mol. The van der Waals surface area contributed by atoms with E-state index in [0.29, 0.717) is 17.4 Å². The fourth-order valence-corrected chi connectivity index (χ4v) is 6.34. The van der Waals surface area contributed by atoms with Crippen molar-refractivity contribution in [2.24, 2.45) is 0 Å². The molecule has 0 saturated carbocycles. The number of thioether (sulfide) groups is 1. The molecule has 5 nitrogen and oxygen atoms in total. The van der Waals surface area contributed by atoms with Crippen LogP contribution in [0.2, 0.25) is 0 Å². The molecule has 1 aromatic carbocycles. The maximum Gasteiger partial charge on any atom is 0.263 e. The van der Waals surface area contributed by atoms with E-state index in [0.717, 1.165) is 35.9 Å². The second kappa shape index (κ2) is 8.85. The molecule has 5 rings (SSSR count). The zero-order valence-corrected chi connectivity index (χ0v) is 18.7. The lowest BCUT2D eigenvalue weighted by molar-refractivity contribution is 0.101. The molecule has 0 saturated heterocycles. The Morgan fingerprint density at radius 3 is 2.77 bits per heavy atom. The lowest BCUT2D eigenvalue weighted by Crippen LogP contribution is -2.25. The SMILES string of the molecule is O=C(CSc1nc2sc3c(c2c(=O)n1CCc1ccccc1)CCCC3)c1ccc[nH]1. The molecule has 0 radical (unpaired) electrons. The lowest BCUT2D eigenvalue weighted by Gasteiger charge is -2.13. The number of Topliss-reactive ketones (excluding diaryl/α,β-unsaturated/α-hetero) is 1. The minimum atomic E-state index is 0.00410. The van der Waals surface area contributed by atoms with Gasteiger partial charge in [0.2, 0.25) is 0 Å². The van der Waals surface area contributed by atoms with E-state index >= 15 is 0 Å². The van der Waals surface area contributed by atoms with Gasteiger partial charge in [-0.2, -0.15) is 0 Å². The van der Waals surface area contributed by atoms with Gasteiger partial charge in [-0.15, -0.1) is 11.3 Å². The Bertz CT molecular complexity index is 1270. The Balaban J connectivity index is 1.51. The van der Waals surface area contributed by atoms with Crippen molar-refractivity contribution < 1.29 is 4.79 Å². The number of ketones is 1. The van der Waals surface area contributed by atoms with Crippen LogP contribution >= 0.6 is 23.1 Å². The first-order valence-electron chi connectivity index (χ1n) is 10.6. The third-order valence-corrected chi connectivity index (χ3v) is 7.90. The number of fused-ring (bicyclic) bond motifs is 3. The lowest BCUT2D eigenvalue weighted by atomic mass is 9.97. The fraction of sp³-hybridized carbons (Fsp3) is 0.292. The Kier molecular flexibility index (Phi) is 5.78. The predicted octanol–water partition coefficient (Wildman–Crippen LogP) is 4.88. The van der Waals surface area contributed by atoms with E-state index in [1.165, 1.54) is 34.2 Å². The minimum absolute atomic E-state index is 0.00410. The van der Waals surface area contributed by atoms with E-state index < -0.39 is 0 Å². The van der Waals surface area contributed by atoms with Crippen LogP contribution in [0.3, 0.4) is 0 Å². The summed E-state index contributed by atoms with van der Waals surface area (Å²) >= 11 is 3.01. The van der Waals surface area contributed by atoms with Crippen LogP contribution in [0.25, 0.3) is 10.2 Å². The average molecular weight is 450 g/mol. The molecule has 158 valence electrons. The molecule has 3 heterocycles. The highest BCUT2D eigenvalue weighted by Crippen LogP contribution is 2.34. The van der Waals surface area contributed by atoms with Crippen molar-refractivity contribution in [2.45, 2.75) is 43.8 Å². The zero-order chi connectivity index (χ0) is 21.2. The molecule has 0 unspecified atom stereocenters. The molecule has 7 heteroatoms. The van der Waals surface area contributed by atoms with Crippen LogP contribution in [-0.4, -0.2) is 26.1 Å². The first-order valence-corrected chi connectivity index (χ1v) is 12.4. The predicted molar refractivity (Wildman–Crippen MR) is 127 cm³/mol. The summed E-state index contributed by atoms with van der Waals surface area (Å²) in [6, 6.07) is 13.8. The number of nitrogens with one attached hydrogen (secondary N) is 1. The summed E-state index contributed by atoms with van der Waals surface area (Å²) in [4.78, 5) is 36.1. The maximum absolute atomic E-state index is 13.6. The molecule has 31 heavy (non-hydrogen) atoms. The summed E-state index contributed by atoms with van der Waals surface area (Å²) in [5, 5.41) is 1.43. The van der Waals surface area contributed by atoms with Gasteiger partial charge in [-0.1, -0.05) is 42.1 Å². The monoisotopic (exact) mass is 449 g/mol. The molecule has 0 fully saturated rings. The average Bonchev–Trinajstić information content (AvgIpc) is 3.45. The van der Waals surface area contributed by atoms with Gasteiger partial charge in [0.05, 0.1) is 16.8 Å². The van der Waals surface area contributed by atoms with Gasteiger partial charge >= 0.3 is 0 Å². The van der Waals surface area contributed by atoms with Crippen LogP contribution in [0.5, 0.6) is 0 Å². The molecule has 1 aliphatic carbocycles. The molecular formula is C24H23N3O2S2. The Hall–Kier alpha value is -2.64. The number of nitrogens with zero attached hydrogens (tertiary/aromatic N) is 2. The van der Waals surface area contributed by atoms with E-state index in [9.17, 15) is 9.59 Å². The number of rotatable bonds is 7. The van der Waals surface area contributed by atoms with E-state index in [4.69, 9.17) is 4.98 Å². The third kappa shape index (κ3) is 4.12. The van der Waals surface area contributed by atoms with Gasteiger partial charge in [0.1, 0.15) is 4.83 Å². The van der Waals surface area contributed by atoms with Crippen molar-refractivity contribution in [3.63, 3.8) is 0 Å². The second-order valence-electron chi connectivity index (χ2n) is 7.77. The summed E-state index contributed by atoms with van der Waals surface area (Å²) in [5.41, 5.74) is 3.00. The van der Waals surface area contributed by atoms with Gasteiger partial charge in [-0.05, 0) is 55.4 Å². The second-order valence-corrected chi connectivity index (χ2v) is 9.80. The van der Waals surface area contributed by atoms with Crippen LogP contribution in [0.4, 0.5) is 0 Å². The van der Waals surface area contributed by atoms with E-state index in [1.807, 2.05) is 24.3 Å². The van der Waals surface area contributed by atoms with Crippen LogP contribution < -0.4 is 5.56 Å². The summed E-state index contributed by atoms with van der Waals surface area (Å²) in [6.45, 7) is 0.551. The van der Waals surface area contributed by atoms with Crippen molar-refractivity contribution in [1.82, 2.24) is 14.5 Å². The van der Waals surface area contributed by atoms with E-state index in [1.54, 1.807) is 28.2 Å². The Labute approximate surface area is 188 Å². The Morgan fingerprint density at radius 1 is 1.13 bits per heavy atom. The maximum atomic E-state index is 13.6. The molecule has 4 aromatic rings. The molecule has 3 aromatic heterocycles. The first kappa shape index (κ1) is 20.3. The number of carbonyl (C=O) groups excluding carboxylic acids is 1. The first-order chi connectivity index (χ1) is 15.2. The number of aryl methyl sites for hydroxylation is 3. The number of hydrogen-bond acceptors (Lipinski definition) is 5. The molecule has 0 aliphatic heterocycles. The van der Waals surface area contributed by atoms with E-state index in [2.05, 4.69) is 17.1 Å². The van der Waals surface area contributed by atoms with Crippen LogP contribution in [0, 0.1) is 0 Å². The van der Waals surface area contributed by atoms with Gasteiger partial charge in [-0.3, -0.25) is 14.2 Å². The number of benzene rings is 1. The topological polar surface area (TPSA) is 67.8 Å². The number of aromatic nitrogens is 3. The normalized spacial score (nSPS) is 13.4. The van der Waals surface area contributed by atoms with E-state index in [-0.39, 0.29) is 17.1 Å². The molecule has 1 aliphatic rings. The molecule has 0 atom stereocenters. The number of H-pyrrole nitrogens is 1. The number of thiophene rings is 1. The van der Waals surface area contributed by atoms with Crippen LogP contribution in [0.15, 0.2) is 58.6 Å². The van der Waals surface area contributed by atoms with Gasteiger partial charge in [0.15, 0.2) is 10.9 Å². The fourth-order valence-electron chi connectivity index (χ4n) is 4.12. The highest BCUT2D eigenvalue weighted by molar-refractivity contribution is 7.99. The summed E-state index contributed by atoms with van der Waals surface area (Å²) in [6.07, 6.45) is 6.79. The van der Waals surface area contributed by atoms with Gasteiger partial charge < -0.3 is 4.98 Å². The van der Waals surface area contributed by atoms with Crippen molar-refractivity contribution in [3.8, 4) is 0 Å². The zero-order valence-electron chi connectivity index (χ0n) is 17.1. The third-order valence-electron chi connectivity index (χ3n) is 5.74. The summed E-state index contributed by atoms with van der Waals surface area (Å²) < 4.78 is 1.78. The minimum Gasteiger partial charge on any atom is -0.359 e. The molecule has 0 amide bonds. The molecule has 1 N–H and O–H groups in total. The highest BCUT2D eigenvalue weighted by Gasteiger charge is 2.22. The Morgan fingerprint density at radius 2 is 1.97 bits per heavy atom. The number of carbonyl (C=O) groups is 1. The highest BCUT2D eigenvalue weighted by atomic mass is 32.2. The van der Waals surface area contributed by atoms with Gasteiger partial charge in [0.25, 0.3) is 5.56 Å². The summed E-state index contributed by atoms with van der Waals surface area (Å²) in [7, 11) is 0. The number of aromatic amines is 1. The van der Waals surface area contributed by atoms with Crippen LogP contribution in [-0.2, 0) is 25.8 Å². The smallest absolute Gasteiger partial charge is 0.263 e. The number of hydrogen-bond donors (Lipinski definition) is 1.